The van der Waals surface area contributed by atoms with E-state index in [1.807, 2.05) is 0 Å². The largest absolute Gasteiger partial charge is 0.417 e. The fraction of sp³-hybridized carbons (Fsp3) is 0.222. The number of anilines is 1. The predicted molar refractivity (Wildman–Crippen MR) is 92.5 cm³/mol. The Hall–Kier alpha value is -2.64. The Kier molecular flexibility index (Phi) is 6.31. The molecule has 2 aromatic carbocycles. The summed E-state index contributed by atoms with van der Waals surface area (Å²) in [5.41, 5.74) is -4.18. The molecule has 0 radical (unpaired) electrons. The van der Waals surface area contributed by atoms with Crippen molar-refractivity contribution in [1.82, 2.24) is 0 Å². The van der Waals surface area contributed by atoms with Gasteiger partial charge in [0.05, 0.1) is 17.2 Å². The molecule has 148 valence electrons. The summed E-state index contributed by atoms with van der Waals surface area (Å²) < 4.78 is 65.5. The normalized spacial score (nSPS) is 13.5. The standard InChI is InChI=1S/C18H13F5N2O2S/c1-17(27,9-28-15-5-3-11(19)6-14(15)20)16(26)25-12-4-2-10(8-24)13(7-12)18(21,22)23/h2-7,27H,9H2,1H3,(H,25,26)/t17-/m0/s1. The number of thioether (sulfide) groups is 1. The van der Waals surface area contributed by atoms with Crippen LogP contribution in [0.15, 0.2) is 41.3 Å². The maximum atomic E-state index is 13.6. The Morgan fingerprint density at radius 2 is 1.89 bits per heavy atom. The monoisotopic (exact) mass is 416 g/mol. The Bertz CT molecular complexity index is 939. The molecule has 28 heavy (non-hydrogen) atoms. The molecule has 0 spiro atoms. The minimum Gasteiger partial charge on any atom is -0.379 e. The minimum absolute atomic E-state index is 0.00722. The van der Waals surface area contributed by atoms with Crippen LogP contribution in [0.1, 0.15) is 18.1 Å². The maximum absolute atomic E-state index is 13.6. The topological polar surface area (TPSA) is 73.1 Å². The third-order valence-corrected chi connectivity index (χ3v) is 4.94. The van der Waals surface area contributed by atoms with Crippen LogP contribution >= 0.6 is 11.8 Å². The Morgan fingerprint density at radius 1 is 1.21 bits per heavy atom. The number of nitrogens with zero attached hydrogens (tertiary/aromatic N) is 1. The number of hydrogen-bond donors (Lipinski definition) is 2. The van der Waals surface area contributed by atoms with Crippen LogP contribution in [0.3, 0.4) is 0 Å². The number of carbonyl (C=O) groups is 1. The molecule has 0 unspecified atom stereocenters. The Labute approximate surface area is 161 Å². The summed E-state index contributed by atoms with van der Waals surface area (Å²) in [4.78, 5) is 12.2. The number of amides is 1. The second-order valence-electron chi connectivity index (χ2n) is 5.96. The number of carbonyl (C=O) groups excluding carboxylic acids is 1. The highest BCUT2D eigenvalue weighted by molar-refractivity contribution is 7.99. The van der Waals surface area contributed by atoms with Crippen molar-refractivity contribution in [2.75, 3.05) is 11.1 Å². The fourth-order valence-electron chi connectivity index (χ4n) is 2.10. The summed E-state index contributed by atoms with van der Waals surface area (Å²) in [5.74, 6) is -3.03. The highest BCUT2D eigenvalue weighted by Gasteiger charge is 2.35. The number of benzene rings is 2. The van der Waals surface area contributed by atoms with E-state index >= 15 is 0 Å². The van der Waals surface area contributed by atoms with E-state index < -0.39 is 40.4 Å². The lowest BCUT2D eigenvalue weighted by atomic mass is 10.1. The minimum atomic E-state index is -4.80. The molecule has 0 aromatic heterocycles. The average Bonchev–Trinajstić information content (AvgIpc) is 2.60. The first kappa shape index (κ1) is 21.7. The molecule has 0 aliphatic heterocycles. The van der Waals surface area contributed by atoms with E-state index in [0.29, 0.717) is 12.1 Å². The van der Waals surface area contributed by atoms with Crippen molar-refractivity contribution in [2.24, 2.45) is 0 Å². The van der Waals surface area contributed by atoms with Crippen LogP contribution in [0.5, 0.6) is 0 Å². The summed E-state index contributed by atoms with van der Waals surface area (Å²) >= 11 is 0.740. The first-order chi connectivity index (χ1) is 12.9. The van der Waals surface area contributed by atoms with E-state index in [0.717, 1.165) is 43.0 Å². The van der Waals surface area contributed by atoms with Crippen LogP contribution in [-0.2, 0) is 11.0 Å². The van der Waals surface area contributed by atoms with Gasteiger partial charge in [0, 0.05) is 22.4 Å². The molecule has 1 atom stereocenters. The number of nitriles is 1. The van der Waals surface area contributed by atoms with E-state index in [1.54, 1.807) is 0 Å². The molecule has 4 nitrogen and oxygen atoms in total. The van der Waals surface area contributed by atoms with Crippen LogP contribution in [0.25, 0.3) is 0 Å². The van der Waals surface area contributed by atoms with Crippen molar-refractivity contribution in [2.45, 2.75) is 23.6 Å². The van der Waals surface area contributed by atoms with Gasteiger partial charge in [-0.15, -0.1) is 11.8 Å². The van der Waals surface area contributed by atoms with Gasteiger partial charge < -0.3 is 10.4 Å². The predicted octanol–water partition coefficient (Wildman–Crippen LogP) is 4.34. The molecule has 0 aliphatic carbocycles. The maximum Gasteiger partial charge on any atom is 0.417 e. The molecular weight excluding hydrogens is 403 g/mol. The van der Waals surface area contributed by atoms with Crippen molar-refractivity contribution >= 4 is 23.4 Å². The van der Waals surface area contributed by atoms with Crippen LogP contribution in [0, 0.1) is 23.0 Å². The van der Waals surface area contributed by atoms with E-state index in [4.69, 9.17) is 5.26 Å². The van der Waals surface area contributed by atoms with Crippen LogP contribution in [-0.4, -0.2) is 22.4 Å². The lowest BCUT2D eigenvalue weighted by Crippen LogP contribution is -2.42. The second-order valence-corrected chi connectivity index (χ2v) is 6.98. The SMILES string of the molecule is C[C@](O)(CSc1ccc(F)cc1F)C(=O)Nc1ccc(C#N)c(C(F)(F)F)c1. The van der Waals surface area contributed by atoms with Gasteiger partial charge in [0.15, 0.2) is 0 Å². The van der Waals surface area contributed by atoms with Crippen molar-refractivity contribution in [3.8, 4) is 6.07 Å². The number of alkyl halides is 3. The molecule has 0 bridgehead atoms. The van der Waals surface area contributed by atoms with Crippen molar-refractivity contribution in [3.05, 3.63) is 59.2 Å². The van der Waals surface area contributed by atoms with Gasteiger partial charge in [-0.3, -0.25) is 4.79 Å². The highest BCUT2D eigenvalue weighted by atomic mass is 32.2. The molecular formula is C18H13F5N2O2S. The number of rotatable bonds is 5. The highest BCUT2D eigenvalue weighted by Crippen LogP contribution is 2.34. The summed E-state index contributed by atoms with van der Waals surface area (Å²) in [6.07, 6.45) is -4.80. The van der Waals surface area contributed by atoms with Gasteiger partial charge >= 0.3 is 6.18 Å². The average molecular weight is 416 g/mol. The Morgan fingerprint density at radius 3 is 2.46 bits per heavy atom. The van der Waals surface area contributed by atoms with E-state index in [-0.39, 0.29) is 16.3 Å². The van der Waals surface area contributed by atoms with Gasteiger partial charge in [0.2, 0.25) is 0 Å². The lowest BCUT2D eigenvalue weighted by Gasteiger charge is -2.22. The lowest BCUT2D eigenvalue weighted by molar-refractivity contribution is -0.137. The first-order valence-corrected chi connectivity index (χ1v) is 8.65. The van der Waals surface area contributed by atoms with Gasteiger partial charge in [-0.05, 0) is 37.3 Å². The number of hydrogen-bond acceptors (Lipinski definition) is 4. The molecule has 2 aromatic rings. The van der Waals surface area contributed by atoms with Gasteiger partial charge in [0.1, 0.15) is 17.2 Å². The molecule has 1 amide bonds. The van der Waals surface area contributed by atoms with Crippen LogP contribution < -0.4 is 5.32 Å². The zero-order chi connectivity index (χ0) is 21.1. The van der Waals surface area contributed by atoms with Gasteiger partial charge in [-0.25, -0.2) is 8.78 Å². The molecule has 0 aliphatic rings. The quantitative estimate of drug-likeness (QED) is 0.562. The van der Waals surface area contributed by atoms with E-state index in [9.17, 15) is 31.9 Å². The molecule has 2 rings (SSSR count). The number of aliphatic hydroxyl groups is 1. The molecule has 0 fully saturated rings. The van der Waals surface area contributed by atoms with Crippen LogP contribution in [0.2, 0.25) is 0 Å². The molecule has 0 heterocycles. The zero-order valence-corrected chi connectivity index (χ0v) is 15.1. The summed E-state index contributed by atoms with van der Waals surface area (Å²) in [6, 6.07) is 6.78. The third-order valence-electron chi connectivity index (χ3n) is 3.60. The van der Waals surface area contributed by atoms with Gasteiger partial charge in [0.25, 0.3) is 5.91 Å². The van der Waals surface area contributed by atoms with Crippen molar-refractivity contribution in [1.29, 1.82) is 5.26 Å². The summed E-state index contributed by atoms with van der Waals surface area (Å²) in [6.45, 7) is 1.10. The van der Waals surface area contributed by atoms with E-state index in [2.05, 4.69) is 5.32 Å². The van der Waals surface area contributed by atoms with Gasteiger partial charge in [-0.2, -0.15) is 18.4 Å². The van der Waals surface area contributed by atoms with Crippen molar-refractivity contribution in [3.63, 3.8) is 0 Å². The fourth-order valence-corrected chi connectivity index (χ4v) is 3.02. The molecule has 2 N–H and O–H groups in total. The second kappa shape index (κ2) is 8.16. The zero-order valence-electron chi connectivity index (χ0n) is 14.3. The molecule has 0 saturated heterocycles. The number of halogens is 5. The van der Waals surface area contributed by atoms with Crippen LogP contribution in [0.4, 0.5) is 27.6 Å². The summed E-state index contributed by atoms with van der Waals surface area (Å²) in [5, 5.41) is 21.2. The third kappa shape index (κ3) is 5.21. The van der Waals surface area contributed by atoms with E-state index in [1.165, 1.54) is 6.07 Å². The molecule has 10 heteroatoms. The number of nitrogens with one attached hydrogen (secondary N) is 1. The van der Waals surface area contributed by atoms with Gasteiger partial charge in [-0.1, -0.05) is 0 Å². The first-order valence-electron chi connectivity index (χ1n) is 7.67. The smallest absolute Gasteiger partial charge is 0.379 e. The molecule has 0 saturated carbocycles. The van der Waals surface area contributed by atoms with Crippen molar-refractivity contribution < 1.29 is 31.9 Å². The summed E-state index contributed by atoms with van der Waals surface area (Å²) in [7, 11) is 0. The Balaban J connectivity index is 2.13.